The van der Waals surface area contributed by atoms with Gasteiger partial charge in [-0.3, -0.25) is 9.69 Å². The molecule has 0 saturated heterocycles. The summed E-state index contributed by atoms with van der Waals surface area (Å²) >= 11 is 0. The number of para-hydroxylation sites is 1. The van der Waals surface area contributed by atoms with Crippen molar-refractivity contribution in [3.8, 4) is 5.75 Å². The molecule has 0 saturated carbocycles. The Morgan fingerprint density at radius 1 is 1.48 bits per heavy atom. The van der Waals surface area contributed by atoms with Crippen LogP contribution in [0.5, 0.6) is 5.75 Å². The molecular weight excluding hydrogens is 268 g/mol. The zero-order valence-electron chi connectivity index (χ0n) is 12.8. The lowest BCUT2D eigenvalue weighted by Crippen LogP contribution is -2.45. The highest BCUT2D eigenvalue weighted by atomic mass is 16.5. The molecule has 21 heavy (non-hydrogen) atoms. The zero-order chi connectivity index (χ0) is 15.1. The van der Waals surface area contributed by atoms with E-state index in [4.69, 9.17) is 9.47 Å². The van der Waals surface area contributed by atoms with E-state index in [0.29, 0.717) is 19.8 Å². The van der Waals surface area contributed by atoms with Crippen molar-refractivity contribution in [3.05, 3.63) is 29.8 Å². The molecule has 1 aliphatic rings. The molecule has 1 heterocycles. The number of ether oxygens (including phenoxy) is 2. The molecule has 1 unspecified atom stereocenters. The van der Waals surface area contributed by atoms with Gasteiger partial charge in [0.25, 0.3) is 0 Å². The highest BCUT2D eigenvalue weighted by Crippen LogP contribution is 2.23. The van der Waals surface area contributed by atoms with Crippen molar-refractivity contribution in [2.24, 2.45) is 0 Å². The summed E-state index contributed by atoms with van der Waals surface area (Å²) in [6.45, 7) is 5.36. The Bertz CT molecular complexity index is 465. The van der Waals surface area contributed by atoms with E-state index in [1.807, 2.05) is 25.1 Å². The Morgan fingerprint density at radius 3 is 3.10 bits per heavy atom. The predicted octanol–water partition coefficient (Wildman–Crippen LogP) is 1.42. The maximum absolute atomic E-state index is 12.2. The van der Waals surface area contributed by atoms with Crippen LogP contribution in [0.1, 0.15) is 18.9 Å². The number of carbonyl (C=O) groups excluding carboxylic acids is 1. The largest absolute Gasteiger partial charge is 0.492 e. The predicted molar refractivity (Wildman–Crippen MR) is 81.3 cm³/mol. The van der Waals surface area contributed by atoms with Gasteiger partial charge in [0, 0.05) is 38.9 Å². The molecule has 5 heteroatoms. The van der Waals surface area contributed by atoms with E-state index in [-0.39, 0.29) is 11.9 Å². The van der Waals surface area contributed by atoms with Gasteiger partial charge in [0.2, 0.25) is 5.91 Å². The molecular formula is C16H24N2O3. The lowest BCUT2D eigenvalue weighted by Gasteiger charge is -2.26. The van der Waals surface area contributed by atoms with Crippen LogP contribution in [0, 0.1) is 0 Å². The monoisotopic (exact) mass is 292 g/mol. The molecule has 1 amide bonds. The first-order valence-corrected chi connectivity index (χ1v) is 7.43. The number of methoxy groups -OCH3 is 1. The maximum atomic E-state index is 12.2. The van der Waals surface area contributed by atoms with E-state index in [1.165, 1.54) is 0 Å². The lowest BCUT2D eigenvalue weighted by atomic mass is 10.1. The molecule has 2 rings (SSSR count). The quantitative estimate of drug-likeness (QED) is 0.806. The van der Waals surface area contributed by atoms with E-state index in [0.717, 1.165) is 30.8 Å². The molecule has 1 atom stereocenters. The Hall–Kier alpha value is -1.59. The van der Waals surface area contributed by atoms with Crippen molar-refractivity contribution in [3.63, 3.8) is 0 Å². The average Bonchev–Trinajstić information content (AvgIpc) is 2.72. The summed E-state index contributed by atoms with van der Waals surface area (Å²) < 4.78 is 10.7. The zero-order valence-corrected chi connectivity index (χ0v) is 12.8. The smallest absolute Gasteiger partial charge is 0.237 e. The summed E-state index contributed by atoms with van der Waals surface area (Å²) in [4.78, 5) is 14.3. The number of hydrogen-bond acceptors (Lipinski definition) is 4. The molecule has 0 fully saturated rings. The molecule has 0 bridgehead atoms. The van der Waals surface area contributed by atoms with Crippen LogP contribution in [0.2, 0.25) is 0 Å². The summed E-state index contributed by atoms with van der Waals surface area (Å²) in [5, 5.41) is 2.96. The number of nitrogens with zero attached hydrogens (tertiary/aromatic N) is 1. The second kappa shape index (κ2) is 8.00. The third-order valence-electron chi connectivity index (χ3n) is 3.73. The number of amides is 1. The minimum absolute atomic E-state index is 0.0606. The SMILES string of the molecule is COCCCNC(=O)C(C)N1CCOc2ccccc2C1. The van der Waals surface area contributed by atoms with Crippen molar-refractivity contribution in [2.45, 2.75) is 25.9 Å². The summed E-state index contributed by atoms with van der Waals surface area (Å²) in [6, 6.07) is 7.84. The first-order valence-electron chi connectivity index (χ1n) is 7.43. The number of fused-ring (bicyclic) bond motifs is 1. The number of nitrogens with one attached hydrogen (secondary N) is 1. The van der Waals surface area contributed by atoms with E-state index in [9.17, 15) is 4.79 Å². The van der Waals surface area contributed by atoms with Crippen molar-refractivity contribution in [1.29, 1.82) is 0 Å². The van der Waals surface area contributed by atoms with Gasteiger partial charge >= 0.3 is 0 Å². The Kier molecular flexibility index (Phi) is 6.02. The van der Waals surface area contributed by atoms with Crippen molar-refractivity contribution < 1.29 is 14.3 Å². The van der Waals surface area contributed by atoms with Crippen LogP contribution in [0.15, 0.2) is 24.3 Å². The lowest BCUT2D eigenvalue weighted by molar-refractivity contribution is -0.126. The third-order valence-corrected chi connectivity index (χ3v) is 3.73. The Balaban J connectivity index is 1.90. The topological polar surface area (TPSA) is 50.8 Å². The van der Waals surface area contributed by atoms with E-state index in [2.05, 4.69) is 16.3 Å². The van der Waals surface area contributed by atoms with E-state index < -0.39 is 0 Å². The second-order valence-electron chi connectivity index (χ2n) is 5.24. The van der Waals surface area contributed by atoms with Crippen LogP contribution in [-0.4, -0.2) is 50.3 Å². The van der Waals surface area contributed by atoms with Gasteiger partial charge in [-0.05, 0) is 19.4 Å². The molecule has 1 N–H and O–H groups in total. The number of carbonyl (C=O) groups is 1. The summed E-state index contributed by atoms with van der Waals surface area (Å²) in [6.07, 6.45) is 0.834. The van der Waals surface area contributed by atoms with Crippen LogP contribution < -0.4 is 10.1 Å². The fourth-order valence-corrected chi connectivity index (χ4v) is 2.42. The molecule has 0 radical (unpaired) electrons. The number of hydrogen-bond donors (Lipinski definition) is 1. The maximum Gasteiger partial charge on any atom is 0.237 e. The molecule has 1 aromatic rings. The van der Waals surface area contributed by atoms with Crippen molar-refractivity contribution in [2.75, 3.05) is 33.4 Å². The second-order valence-corrected chi connectivity index (χ2v) is 5.24. The Morgan fingerprint density at radius 2 is 2.29 bits per heavy atom. The summed E-state index contributed by atoms with van der Waals surface area (Å²) in [7, 11) is 1.67. The molecule has 116 valence electrons. The molecule has 0 spiro atoms. The van der Waals surface area contributed by atoms with Crippen LogP contribution >= 0.6 is 0 Å². The summed E-state index contributed by atoms with van der Waals surface area (Å²) in [5.74, 6) is 0.984. The van der Waals surface area contributed by atoms with Gasteiger partial charge in [-0.25, -0.2) is 0 Å². The molecule has 1 aliphatic heterocycles. The van der Waals surface area contributed by atoms with Crippen LogP contribution in [0.3, 0.4) is 0 Å². The van der Waals surface area contributed by atoms with Gasteiger partial charge < -0.3 is 14.8 Å². The van der Waals surface area contributed by atoms with Gasteiger partial charge in [-0.2, -0.15) is 0 Å². The number of rotatable bonds is 6. The molecule has 0 aliphatic carbocycles. The highest BCUT2D eigenvalue weighted by Gasteiger charge is 2.24. The minimum Gasteiger partial charge on any atom is -0.492 e. The van der Waals surface area contributed by atoms with Gasteiger partial charge in [0.05, 0.1) is 6.04 Å². The Labute approximate surface area is 126 Å². The van der Waals surface area contributed by atoms with Gasteiger partial charge in [-0.15, -0.1) is 0 Å². The van der Waals surface area contributed by atoms with E-state index in [1.54, 1.807) is 7.11 Å². The first-order chi connectivity index (χ1) is 10.2. The molecule has 1 aromatic carbocycles. The first kappa shape index (κ1) is 15.8. The van der Waals surface area contributed by atoms with Crippen LogP contribution in [-0.2, 0) is 16.1 Å². The fourth-order valence-electron chi connectivity index (χ4n) is 2.42. The summed E-state index contributed by atoms with van der Waals surface area (Å²) in [5.41, 5.74) is 1.13. The van der Waals surface area contributed by atoms with Gasteiger partial charge in [0.15, 0.2) is 0 Å². The van der Waals surface area contributed by atoms with Gasteiger partial charge in [-0.1, -0.05) is 18.2 Å². The van der Waals surface area contributed by atoms with Crippen LogP contribution in [0.4, 0.5) is 0 Å². The van der Waals surface area contributed by atoms with E-state index >= 15 is 0 Å². The molecule has 5 nitrogen and oxygen atoms in total. The standard InChI is InChI=1S/C16H24N2O3/c1-13(16(19)17-8-5-10-20-2)18-9-11-21-15-7-4-3-6-14(15)12-18/h3-4,6-7,13H,5,8-12H2,1-2H3,(H,17,19). The van der Waals surface area contributed by atoms with Crippen molar-refractivity contribution >= 4 is 5.91 Å². The average molecular weight is 292 g/mol. The van der Waals surface area contributed by atoms with Gasteiger partial charge in [0.1, 0.15) is 12.4 Å². The third kappa shape index (κ3) is 4.44. The van der Waals surface area contributed by atoms with Crippen molar-refractivity contribution in [1.82, 2.24) is 10.2 Å². The fraction of sp³-hybridized carbons (Fsp3) is 0.562. The number of benzene rings is 1. The molecule has 0 aromatic heterocycles. The van der Waals surface area contributed by atoms with Crippen LogP contribution in [0.25, 0.3) is 0 Å². The highest BCUT2D eigenvalue weighted by molar-refractivity contribution is 5.81. The normalized spacial score (nSPS) is 16.5. The minimum atomic E-state index is -0.165.